The van der Waals surface area contributed by atoms with E-state index in [9.17, 15) is 18.0 Å². The van der Waals surface area contributed by atoms with Crippen molar-refractivity contribution in [2.24, 2.45) is 11.8 Å². The summed E-state index contributed by atoms with van der Waals surface area (Å²) in [5, 5.41) is 0. The summed E-state index contributed by atoms with van der Waals surface area (Å²) in [5.41, 5.74) is 0.900. The lowest BCUT2D eigenvalue weighted by atomic mass is 9.92. The molecule has 8 heteroatoms. The Hall–Kier alpha value is -1.93. The molecule has 32 heavy (non-hydrogen) atoms. The van der Waals surface area contributed by atoms with Gasteiger partial charge in [-0.25, -0.2) is 8.42 Å². The molecule has 0 saturated carbocycles. The number of benzene rings is 1. The van der Waals surface area contributed by atoms with Crippen molar-refractivity contribution in [2.45, 2.75) is 38.6 Å². The molecule has 4 rings (SSSR count). The van der Waals surface area contributed by atoms with Crippen LogP contribution >= 0.6 is 0 Å². The van der Waals surface area contributed by atoms with E-state index in [4.69, 9.17) is 0 Å². The number of sulfone groups is 1. The highest BCUT2D eigenvalue weighted by atomic mass is 32.2. The number of amides is 2. The van der Waals surface area contributed by atoms with Crippen molar-refractivity contribution in [3.05, 3.63) is 35.9 Å². The molecular weight excluding hydrogens is 426 g/mol. The number of piperidine rings is 2. The third-order valence-electron chi connectivity index (χ3n) is 7.22. The minimum atomic E-state index is -3.02. The summed E-state index contributed by atoms with van der Waals surface area (Å²) in [6, 6.07) is 9.17. The van der Waals surface area contributed by atoms with Crippen LogP contribution in [-0.2, 0) is 19.4 Å². The molecule has 1 aromatic carbocycles. The third kappa shape index (κ3) is 5.34. The standard InChI is InChI=1S/C24H35N3O4S/c1-19-6-5-11-27(18-19)23(28)21-9-12-26(13-10-21)24(29)22(20-7-3-2-4-8-20)25-14-16-32(30,31)17-15-25/h2-4,7-8,19,21-22H,5-6,9-18H2,1H3. The summed E-state index contributed by atoms with van der Waals surface area (Å²) in [6.07, 6.45) is 3.67. The second-order valence-corrected chi connectivity index (χ2v) is 11.9. The van der Waals surface area contributed by atoms with Crippen molar-refractivity contribution in [2.75, 3.05) is 50.8 Å². The van der Waals surface area contributed by atoms with Crippen LogP contribution < -0.4 is 0 Å². The number of carbonyl (C=O) groups is 2. The predicted molar refractivity (Wildman–Crippen MR) is 124 cm³/mol. The Kier molecular flexibility index (Phi) is 7.20. The summed E-state index contributed by atoms with van der Waals surface area (Å²) in [7, 11) is -3.02. The van der Waals surface area contributed by atoms with Gasteiger partial charge in [0, 0.05) is 45.2 Å². The van der Waals surface area contributed by atoms with Gasteiger partial charge in [0.2, 0.25) is 11.8 Å². The van der Waals surface area contributed by atoms with E-state index < -0.39 is 15.9 Å². The van der Waals surface area contributed by atoms with Gasteiger partial charge < -0.3 is 9.80 Å². The smallest absolute Gasteiger partial charge is 0.244 e. The van der Waals surface area contributed by atoms with Crippen LogP contribution in [0.3, 0.4) is 0 Å². The number of likely N-dealkylation sites (tertiary alicyclic amines) is 2. The van der Waals surface area contributed by atoms with Crippen LogP contribution in [0.15, 0.2) is 30.3 Å². The fraction of sp³-hybridized carbons (Fsp3) is 0.667. The third-order valence-corrected chi connectivity index (χ3v) is 8.83. The first-order chi connectivity index (χ1) is 15.3. The van der Waals surface area contributed by atoms with Gasteiger partial charge in [-0.15, -0.1) is 0 Å². The Morgan fingerprint density at radius 1 is 0.906 bits per heavy atom. The molecule has 3 aliphatic heterocycles. The number of hydrogen-bond acceptors (Lipinski definition) is 5. The van der Waals surface area contributed by atoms with Gasteiger partial charge in [0.05, 0.1) is 11.5 Å². The first kappa shape index (κ1) is 23.2. The van der Waals surface area contributed by atoms with E-state index in [0.717, 1.165) is 25.1 Å². The van der Waals surface area contributed by atoms with Gasteiger partial charge in [0.15, 0.2) is 9.84 Å². The van der Waals surface area contributed by atoms with E-state index in [1.165, 1.54) is 6.42 Å². The first-order valence-corrected chi connectivity index (χ1v) is 13.7. The van der Waals surface area contributed by atoms with Crippen molar-refractivity contribution in [1.82, 2.24) is 14.7 Å². The highest BCUT2D eigenvalue weighted by molar-refractivity contribution is 7.91. The maximum atomic E-state index is 13.6. The lowest BCUT2D eigenvalue weighted by Crippen LogP contribution is -2.51. The Morgan fingerprint density at radius 2 is 1.56 bits per heavy atom. The quantitative estimate of drug-likeness (QED) is 0.685. The van der Waals surface area contributed by atoms with Crippen LogP contribution in [0.4, 0.5) is 0 Å². The zero-order valence-electron chi connectivity index (χ0n) is 19.0. The second-order valence-electron chi connectivity index (χ2n) is 9.63. The zero-order valence-corrected chi connectivity index (χ0v) is 19.8. The molecule has 0 aromatic heterocycles. The number of rotatable bonds is 4. The summed E-state index contributed by atoms with van der Waals surface area (Å²) in [6.45, 7) is 5.81. The number of nitrogens with zero attached hydrogens (tertiary/aromatic N) is 3. The molecule has 3 aliphatic rings. The molecule has 2 atom stereocenters. The minimum Gasteiger partial charge on any atom is -0.342 e. The molecule has 0 spiro atoms. The van der Waals surface area contributed by atoms with E-state index >= 15 is 0 Å². The van der Waals surface area contributed by atoms with Crippen LogP contribution in [0, 0.1) is 11.8 Å². The Bertz CT molecular complexity index is 898. The lowest BCUT2D eigenvalue weighted by molar-refractivity contribution is -0.144. The van der Waals surface area contributed by atoms with Crippen LogP contribution in [0.1, 0.15) is 44.2 Å². The van der Waals surface area contributed by atoms with Gasteiger partial charge in [-0.2, -0.15) is 0 Å². The van der Waals surface area contributed by atoms with Gasteiger partial charge in [0.1, 0.15) is 6.04 Å². The number of carbonyl (C=O) groups excluding carboxylic acids is 2. The van der Waals surface area contributed by atoms with Crippen LogP contribution in [-0.4, -0.2) is 85.7 Å². The lowest BCUT2D eigenvalue weighted by Gasteiger charge is -2.40. The fourth-order valence-electron chi connectivity index (χ4n) is 5.30. The largest absolute Gasteiger partial charge is 0.342 e. The number of hydrogen-bond donors (Lipinski definition) is 0. The summed E-state index contributed by atoms with van der Waals surface area (Å²) < 4.78 is 23.8. The molecule has 176 valence electrons. The molecule has 3 fully saturated rings. The molecule has 7 nitrogen and oxygen atoms in total. The van der Waals surface area contributed by atoms with Crippen LogP contribution in [0.5, 0.6) is 0 Å². The Morgan fingerprint density at radius 3 is 2.19 bits per heavy atom. The SMILES string of the molecule is CC1CCCN(C(=O)C2CCN(C(=O)C(c3ccccc3)N3CCS(=O)(=O)CC3)CC2)C1. The predicted octanol–water partition coefficient (Wildman–Crippen LogP) is 1.96. The van der Waals surface area contributed by atoms with Gasteiger partial charge in [0.25, 0.3) is 0 Å². The average Bonchev–Trinajstić information content (AvgIpc) is 2.80. The molecular formula is C24H35N3O4S. The maximum Gasteiger partial charge on any atom is 0.244 e. The molecule has 0 radical (unpaired) electrons. The van der Waals surface area contributed by atoms with E-state index in [2.05, 4.69) is 6.92 Å². The van der Waals surface area contributed by atoms with Gasteiger partial charge in [-0.3, -0.25) is 14.5 Å². The van der Waals surface area contributed by atoms with Crippen LogP contribution in [0.25, 0.3) is 0 Å². The van der Waals surface area contributed by atoms with Crippen molar-refractivity contribution in [3.63, 3.8) is 0 Å². The van der Waals surface area contributed by atoms with Crippen molar-refractivity contribution in [1.29, 1.82) is 0 Å². The maximum absolute atomic E-state index is 13.6. The zero-order chi connectivity index (χ0) is 22.7. The fourth-order valence-corrected chi connectivity index (χ4v) is 6.53. The molecule has 0 bridgehead atoms. The average molecular weight is 462 g/mol. The van der Waals surface area contributed by atoms with E-state index in [0.29, 0.717) is 44.9 Å². The van der Waals surface area contributed by atoms with Crippen molar-refractivity contribution >= 4 is 21.7 Å². The Labute approximate surface area is 191 Å². The highest BCUT2D eigenvalue weighted by Crippen LogP contribution is 2.29. The molecule has 3 heterocycles. The van der Waals surface area contributed by atoms with Gasteiger partial charge in [-0.05, 0) is 37.2 Å². The topological polar surface area (TPSA) is 78.0 Å². The summed E-state index contributed by atoms with van der Waals surface area (Å²) in [4.78, 5) is 32.5. The van der Waals surface area contributed by atoms with Gasteiger partial charge in [-0.1, -0.05) is 37.3 Å². The monoisotopic (exact) mass is 461 g/mol. The normalized spacial score (nSPS) is 26.0. The van der Waals surface area contributed by atoms with E-state index in [1.54, 1.807) is 0 Å². The molecule has 0 aliphatic carbocycles. The summed E-state index contributed by atoms with van der Waals surface area (Å²) >= 11 is 0. The van der Waals surface area contributed by atoms with Crippen molar-refractivity contribution < 1.29 is 18.0 Å². The van der Waals surface area contributed by atoms with Crippen molar-refractivity contribution in [3.8, 4) is 0 Å². The van der Waals surface area contributed by atoms with E-state index in [1.807, 2.05) is 45.0 Å². The molecule has 3 saturated heterocycles. The van der Waals surface area contributed by atoms with Crippen LogP contribution in [0.2, 0.25) is 0 Å². The Balaban J connectivity index is 1.42. The van der Waals surface area contributed by atoms with Gasteiger partial charge >= 0.3 is 0 Å². The first-order valence-electron chi connectivity index (χ1n) is 11.9. The minimum absolute atomic E-state index is 0.000320. The molecule has 0 N–H and O–H groups in total. The molecule has 2 amide bonds. The highest BCUT2D eigenvalue weighted by Gasteiger charge is 2.37. The molecule has 2 unspecified atom stereocenters. The summed E-state index contributed by atoms with van der Waals surface area (Å²) in [5.74, 6) is 1.02. The molecule has 1 aromatic rings. The second kappa shape index (κ2) is 9.91. The van der Waals surface area contributed by atoms with E-state index in [-0.39, 0.29) is 29.2 Å².